The predicted molar refractivity (Wildman–Crippen MR) is 86.9 cm³/mol. The first kappa shape index (κ1) is 14.7. The first-order valence-corrected chi connectivity index (χ1v) is 8.68. The maximum absolute atomic E-state index is 11.8. The van der Waals surface area contributed by atoms with Crippen molar-refractivity contribution in [2.45, 2.75) is 0 Å². The minimum Gasteiger partial charge on any atom is -0.493 e. The Labute approximate surface area is 129 Å². The quantitative estimate of drug-likeness (QED) is 0.745. The zero-order valence-electron chi connectivity index (χ0n) is 12.6. The van der Waals surface area contributed by atoms with E-state index >= 15 is 0 Å². The molecule has 0 unspecified atom stereocenters. The molecule has 0 spiro atoms. The molecule has 0 amide bonds. The summed E-state index contributed by atoms with van der Waals surface area (Å²) < 4.78 is 34.2. The highest BCUT2D eigenvalue weighted by Crippen LogP contribution is 2.48. The monoisotopic (exact) mass is 316 g/mol. The minimum absolute atomic E-state index is 0.577. The number of fused-ring (bicyclic) bond motifs is 3. The van der Waals surface area contributed by atoms with Gasteiger partial charge in [-0.2, -0.15) is 0 Å². The van der Waals surface area contributed by atoms with Gasteiger partial charge in [0, 0.05) is 17.2 Å². The van der Waals surface area contributed by atoms with Crippen molar-refractivity contribution in [3.05, 3.63) is 52.9 Å². The highest BCUT2D eigenvalue weighted by Gasteiger charge is 2.26. The Hall–Kier alpha value is -2.27. The van der Waals surface area contributed by atoms with Crippen LogP contribution in [-0.2, 0) is 9.84 Å². The van der Waals surface area contributed by atoms with Gasteiger partial charge in [0.05, 0.1) is 14.2 Å². The van der Waals surface area contributed by atoms with Crippen molar-refractivity contribution >= 4 is 15.4 Å². The zero-order chi connectivity index (χ0) is 15.9. The number of hydrogen-bond donors (Lipinski definition) is 0. The number of ether oxygens (including phenoxy) is 2. The Morgan fingerprint density at radius 3 is 1.95 bits per heavy atom. The fourth-order valence-electron chi connectivity index (χ4n) is 2.76. The van der Waals surface area contributed by atoms with E-state index in [1.165, 1.54) is 11.7 Å². The molecule has 0 fully saturated rings. The Morgan fingerprint density at radius 1 is 0.864 bits per heavy atom. The lowest BCUT2D eigenvalue weighted by molar-refractivity contribution is 0.355. The summed E-state index contributed by atoms with van der Waals surface area (Å²) in [5.74, 6) is 1.20. The molecule has 0 heterocycles. The average Bonchev–Trinajstić information content (AvgIpc) is 2.78. The molecule has 0 radical (unpaired) electrons. The molecule has 0 atom stereocenters. The van der Waals surface area contributed by atoms with E-state index in [2.05, 4.69) is 0 Å². The van der Waals surface area contributed by atoms with Gasteiger partial charge in [0.25, 0.3) is 0 Å². The van der Waals surface area contributed by atoms with E-state index in [0.717, 1.165) is 22.3 Å². The van der Waals surface area contributed by atoms with E-state index in [1.54, 1.807) is 14.2 Å². The van der Waals surface area contributed by atoms with E-state index in [1.807, 2.05) is 36.4 Å². The second kappa shape index (κ2) is 5.18. The van der Waals surface area contributed by atoms with Crippen LogP contribution in [0.3, 0.4) is 0 Å². The first-order chi connectivity index (χ1) is 10.4. The number of hydrogen-bond acceptors (Lipinski definition) is 4. The smallest absolute Gasteiger partial charge is 0.169 e. The summed E-state index contributed by atoms with van der Waals surface area (Å²) in [6.07, 6.45) is 1.20. The van der Waals surface area contributed by atoms with E-state index in [9.17, 15) is 8.42 Å². The molecule has 0 saturated heterocycles. The van der Waals surface area contributed by atoms with Gasteiger partial charge in [-0.25, -0.2) is 8.42 Å². The van der Waals surface area contributed by atoms with Crippen molar-refractivity contribution < 1.29 is 17.9 Å². The lowest BCUT2D eigenvalue weighted by atomic mass is 10.0. The molecule has 0 N–H and O–H groups in total. The van der Waals surface area contributed by atoms with Gasteiger partial charge >= 0.3 is 0 Å². The molecule has 2 aromatic rings. The van der Waals surface area contributed by atoms with Gasteiger partial charge in [-0.05, 0) is 34.4 Å². The maximum Gasteiger partial charge on any atom is 0.169 e. The average molecular weight is 316 g/mol. The van der Waals surface area contributed by atoms with Gasteiger partial charge in [0.15, 0.2) is 21.3 Å². The Balaban J connectivity index is 2.36. The molecular formula is C17H16O4S. The number of sulfone groups is 1. The Bertz CT molecular complexity index is 880. The summed E-state index contributed by atoms with van der Waals surface area (Å²) in [7, 11) is -0.119. The van der Waals surface area contributed by atoms with Crippen LogP contribution in [0.2, 0.25) is 0 Å². The number of benzene rings is 2. The standard InChI is InChI=1S/C17H16O4S/c1-20-16-8-13-11-6-4-5-7-12(11)15(10-22(3,18)19)14(13)9-17(16)21-2/h4-10H,1-3H3/b15-10+. The predicted octanol–water partition coefficient (Wildman–Crippen LogP) is 3.12. The lowest BCUT2D eigenvalue weighted by Gasteiger charge is -2.10. The van der Waals surface area contributed by atoms with Crippen LogP contribution in [0.25, 0.3) is 16.7 Å². The highest BCUT2D eigenvalue weighted by atomic mass is 32.2. The van der Waals surface area contributed by atoms with E-state index in [4.69, 9.17) is 9.47 Å². The molecule has 0 aromatic heterocycles. The molecule has 0 bridgehead atoms. The zero-order valence-corrected chi connectivity index (χ0v) is 13.4. The molecule has 1 aliphatic rings. The summed E-state index contributed by atoms with van der Waals surface area (Å²) in [4.78, 5) is 0. The van der Waals surface area contributed by atoms with E-state index < -0.39 is 9.84 Å². The molecule has 4 nitrogen and oxygen atoms in total. The molecule has 22 heavy (non-hydrogen) atoms. The fourth-order valence-corrected chi connectivity index (χ4v) is 3.45. The summed E-state index contributed by atoms with van der Waals surface area (Å²) >= 11 is 0. The minimum atomic E-state index is -3.26. The third-order valence-corrected chi connectivity index (χ3v) is 4.32. The first-order valence-electron chi connectivity index (χ1n) is 6.72. The summed E-state index contributed by atoms with van der Waals surface area (Å²) in [6.45, 7) is 0. The SMILES string of the molecule is COc1cc2c(cc1OC)-c1ccccc1/C2=C\S(C)(=O)=O. The highest BCUT2D eigenvalue weighted by molar-refractivity contribution is 7.93. The van der Waals surface area contributed by atoms with E-state index in [0.29, 0.717) is 17.1 Å². The lowest BCUT2D eigenvalue weighted by Crippen LogP contribution is -1.94. The van der Waals surface area contributed by atoms with Crippen molar-refractivity contribution in [3.63, 3.8) is 0 Å². The van der Waals surface area contributed by atoms with Crippen molar-refractivity contribution in [1.82, 2.24) is 0 Å². The van der Waals surface area contributed by atoms with Crippen LogP contribution in [0.4, 0.5) is 0 Å². The van der Waals surface area contributed by atoms with Crippen molar-refractivity contribution in [2.75, 3.05) is 20.5 Å². The maximum atomic E-state index is 11.8. The molecular weight excluding hydrogens is 300 g/mol. The van der Waals surface area contributed by atoms with Crippen LogP contribution < -0.4 is 9.47 Å². The molecule has 114 valence electrons. The number of methoxy groups -OCH3 is 2. The Morgan fingerprint density at radius 2 is 1.41 bits per heavy atom. The van der Waals surface area contributed by atoms with Crippen LogP contribution >= 0.6 is 0 Å². The summed E-state index contributed by atoms with van der Waals surface area (Å²) in [5, 5.41) is 1.31. The number of rotatable bonds is 3. The Kier molecular flexibility index (Phi) is 3.45. The normalized spacial score (nSPS) is 14.6. The van der Waals surface area contributed by atoms with Crippen molar-refractivity contribution in [3.8, 4) is 22.6 Å². The topological polar surface area (TPSA) is 52.6 Å². The molecule has 0 aliphatic heterocycles. The second-order valence-electron chi connectivity index (χ2n) is 5.16. The molecule has 2 aromatic carbocycles. The van der Waals surface area contributed by atoms with Crippen LogP contribution in [0.5, 0.6) is 11.5 Å². The third-order valence-electron chi connectivity index (χ3n) is 3.65. The van der Waals surface area contributed by atoms with Crippen molar-refractivity contribution in [2.24, 2.45) is 0 Å². The van der Waals surface area contributed by atoms with Gasteiger partial charge in [-0.15, -0.1) is 0 Å². The molecule has 1 aliphatic carbocycles. The summed E-state index contributed by atoms with van der Waals surface area (Å²) in [5.41, 5.74) is 4.37. The van der Waals surface area contributed by atoms with Crippen LogP contribution in [-0.4, -0.2) is 28.9 Å². The van der Waals surface area contributed by atoms with Gasteiger partial charge in [-0.1, -0.05) is 24.3 Å². The van der Waals surface area contributed by atoms with Gasteiger partial charge in [0.2, 0.25) is 0 Å². The largest absolute Gasteiger partial charge is 0.493 e. The van der Waals surface area contributed by atoms with Gasteiger partial charge in [-0.3, -0.25) is 0 Å². The molecule has 3 rings (SSSR count). The van der Waals surface area contributed by atoms with Gasteiger partial charge < -0.3 is 9.47 Å². The van der Waals surface area contributed by atoms with Crippen LogP contribution in [0, 0.1) is 0 Å². The molecule has 0 saturated carbocycles. The van der Waals surface area contributed by atoms with Crippen LogP contribution in [0.15, 0.2) is 41.8 Å². The van der Waals surface area contributed by atoms with Gasteiger partial charge in [0.1, 0.15) is 0 Å². The van der Waals surface area contributed by atoms with Crippen LogP contribution in [0.1, 0.15) is 11.1 Å². The fraction of sp³-hybridized carbons (Fsp3) is 0.176. The second-order valence-corrected chi connectivity index (χ2v) is 7.05. The van der Waals surface area contributed by atoms with E-state index in [-0.39, 0.29) is 0 Å². The van der Waals surface area contributed by atoms with Crippen molar-refractivity contribution in [1.29, 1.82) is 0 Å². The third kappa shape index (κ3) is 2.37. The molecule has 5 heteroatoms. The summed E-state index contributed by atoms with van der Waals surface area (Å²) in [6, 6.07) is 11.4.